The van der Waals surface area contributed by atoms with Crippen LogP contribution in [0.5, 0.6) is 0 Å². The summed E-state index contributed by atoms with van der Waals surface area (Å²) in [5.74, 6) is 0.715. The molecule has 4 nitrogen and oxygen atoms in total. The van der Waals surface area contributed by atoms with Gasteiger partial charge < -0.3 is 10.3 Å². The molecule has 2 N–H and O–H groups in total. The van der Waals surface area contributed by atoms with Crippen LogP contribution in [0, 0.1) is 0 Å². The Bertz CT molecular complexity index is 400. The van der Waals surface area contributed by atoms with Gasteiger partial charge in [0.1, 0.15) is 0 Å². The second-order valence-electron chi connectivity index (χ2n) is 4.77. The van der Waals surface area contributed by atoms with Crippen molar-refractivity contribution < 1.29 is 8.76 Å². The van der Waals surface area contributed by atoms with Gasteiger partial charge in [0.25, 0.3) is 0 Å². The van der Waals surface area contributed by atoms with Crippen LogP contribution in [0.15, 0.2) is 24.3 Å². The van der Waals surface area contributed by atoms with E-state index < -0.39 is 11.1 Å². The van der Waals surface area contributed by atoms with Crippen molar-refractivity contribution in [1.29, 1.82) is 0 Å². The molecule has 1 saturated heterocycles. The molecule has 0 aromatic heterocycles. The van der Waals surface area contributed by atoms with Gasteiger partial charge in [0.05, 0.1) is 5.88 Å². The lowest BCUT2D eigenvalue weighted by molar-refractivity contribution is 0.239. The zero-order chi connectivity index (χ0) is 13.0. The molecular formula is C13H19N2O2S-. The molecule has 1 aliphatic rings. The van der Waals surface area contributed by atoms with E-state index in [9.17, 15) is 8.76 Å². The summed E-state index contributed by atoms with van der Waals surface area (Å²) in [6.07, 6.45) is 2.05. The summed E-state index contributed by atoms with van der Waals surface area (Å²) in [4.78, 5) is 1.99. The van der Waals surface area contributed by atoms with Crippen molar-refractivity contribution in [3.05, 3.63) is 35.4 Å². The first-order valence-electron chi connectivity index (χ1n) is 6.26. The highest BCUT2D eigenvalue weighted by molar-refractivity contribution is 7.79. The van der Waals surface area contributed by atoms with Crippen LogP contribution in [0.2, 0.25) is 0 Å². The zero-order valence-corrected chi connectivity index (χ0v) is 11.2. The predicted octanol–water partition coefficient (Wildman–Crippen LogP) is 1.16. The Balaban J connectivity index is 1.90. The van der Waals surface area contributed by atoms with Crippen LogP contribution in [0.3, 0.4) is 0 Å². The van der Waals surface area contributed by atoms with Crippen LogP contribution in [-0.4, -0.2) is 32.6 Å². The summed E-state index contributed by atoms with van der Waals surface area (Å²) in [6.45, 7) is 2.29. The van der Waals surface area contributed by atoms with Crippen LogP contribution in [0.4, 0.5) is 0 Å². The molecule has 0 bridgehead atoms. The number of benzene rings is 1. The molecule has 0 radical (unpaired) electrons. The van der Waals surface area contributed by atoms with Gasteiger partial charge in [-0.3, -0.25) is 9.11 Å². The molecule has 18 heavy (non-hydrogen) atoms. The van der Waals surface area contributed by atoms with E-state index in [4.69, 9.17) is 5.73 Å². The number of rotatable bonds is 4. The third-order valence-corrected chi connectivity index (χ3v) is 4.14. The highest BCUT2D eigenvalue weighted by Gasteiger charge is 2.20. The number of nitrogens with zero attached hydrogens (tertiary/aromatic N) is 1. The first-order valence-corrected chi connectivity index (χ1v) is 7.50. The van der Waals surface area contributed by atoms with Crippen LogP contribution >= 0.6 is 0 Å². The molecule has 1 unspecified atom stereocenters. The van der Waals surface area contributed by atoms with Crippen molar-refractivity contribution in [2.75, 3.05) is 19.0 Å². The molecule has 1 aromatic rings. The van der Waals surface area contributed by atoms with E-state index in [0.717, 1.165) is 31.5 Å². The van der Waals surface area contributed by atoms with Gasteiger partial charge in [-0.15, -0.1) is 0 Å². The minimum absolute atomic E-state index is 0.166. The Labute approximate surface area is 110 Å². The Kier molecular flexibility index (Phi) is 4.88. The van der Waals surface area contributed by atoms with Crippen molar-refractivity contribution >= 4 is 11.1 Å². The quantitative estimate of drug-likeness (QED) is 0.831. The fraction of sp³-hybridized carbons (Fsp3) is 0.538. The predicted molar refractivity (Wildman–Crippen MR) is 71.7 cm³/mol. The molecule has 5 heteroatoms. The topological polar surface area (TPSA) is 69.4 Å². The maximum atomic E-state index is 10.6. The zero-order valence-electron chi connectivity index (χ0n) is 10.4. The van der Waals surface area contributed by atoms with Crippen molar-refractivity contribution in [2.24, 2.45) is 5.73 Å². The molecule has 100 valence electrons. The standard InChI is InChI=1S/C13H20N2O2S/c14-9-11-1-3-12(4-2-11)13-5-7-15(8-6-13)10-18(16)17/h1-4,13H,5-10,14H2,(H,16,17)/p-1. The minimum atomic E-state index is -1.96. The fourth-order valence-corrected chi connectivity index (χ4v) is 3.03. The van der Waals surface area contributed by atoms with E-state index in [2.05, 4.69) is 24.3 Å². The molecule has 0 aliphatic carbocycles. The second-order valence-corrected chi connectivity index (χ2v) is 5.64. The summed E-state index contributed by atoms with van der Waals surface area (Å²) in [5, 5.41) is 0. The lowest BCUT2D eigenvalue weighted by Crippen LogP contribution is -2.35. The molecule has 1 atom stereocenters. The van der Waals surface area contributed by atoms with Crippen molar-refractivity contribution in [2.45, 2.75) is 25.3 Å². The molecule has 1 aliphatic heterocycles. The Morgan fingerprint density at radius 2 is 1.89 bits per heavy atom. The monoisotopic (exact) mass is 267 g/mol. The molecule has 0 saturated carbocycles. The average Bonchev–Trinajstić information content (AvgIpc) is 2.39. The van der Waals surface area contributed by atoms with Crippen molar-refractivity contribution in [1.82, 2.24) is 4.90 Å². The number of likely N-dealkylation sites (tertiary alicyclic amines) is 1. The average molecular weight is 267 g/mol. The fourth-order valence-electron chi connectivity index (χ4n) is 2.47. The van der Waals surface area contributed by atoms with E-state index in [1.54, 1.807) is 0 Å². The second kappa shape index (κ2) is 6.43. The molecular weight excluding hydrogens is 248 g/mol. The molecule has 0 spiro atoms. The highest BCUT2D eigenvalue weighted by Crippen LogP contribution is 2.28. The van der Waals surface area contributed by atoms with Crippen LogP contribution < -0.4 is 5.73 Å². The van der Waals surface area contributed by atoms with Gasteiger partial charge in [0.2, 0.25) is 0 Å². The van der Waals surface area contributed by atoms with Gasteiger partial charge in [-0.25, -0.2) is 0 Å². The van der Waals surface area contributed by atoms with Crippen LogP contribution in [0.25, 0.3) is 0 Å². The van der Waals surface area contributed by atoms with E-state index in [1.807, 2.05) is 4.90 Å². The summed E-state index contributed by atoms with van der Waals surface area (Å²) < 4.78 is 21.3. The van der Waals surface area contributed by atoms with Crippen molar-refractivity contribution in [3.8, 4) is 0 Å². The van der Waals surface area contributed by atoms with Crippen molar-refractivity contribution in [3.63, 3.8) is 0 Å². The van der Waals surface area contributed by atoms with Gasteiger partial charge >= 0.3 is 0 Å². The first-order chi connectivity index (χ1) is 8.69. The molecule has 2 rings (SSSR count). The van der Waals surface area contributed by atoms with E-state index >= 15 is 0 Å². The smallest absolute Gasteiger partial charge is 0.0613 e. The van der Waals surface area contributed by atoms with Crippen LogP contribution in [0.1, 0.15) is 29.9 Å². The lowest BCUT2D eigenvalue weighted by Gasteiger charge is -2.32. The summed E-state index contributed by atoms with van der Waals surface area (Å²) in [5.41, 5.74) is 8.07. The number of hydrogen-bond donors (Lipinski definition) is 1. The van der Waals surface area contributed by atoms with E-state index in [-0.39, 0.29) is 5.88 Å². The third-order valence-electron chi connectivity index (χ3n) is 3.56. The maximum absolute atomic E-state index is 10.6. The Hall–Kier alpha value is -0.750. The normalized spacial score (nSPS) is 19.9. The Morgan fingerprint density at radius 3 is 2.39 bits per heavy atom. The SMILES string of the molecule is NCc1ccc(C2CCN(CS(=O)[O-])CC2)cc1. The highest BCUT2D eigenvalue weighted by atomic mass is 32.2. The summed E-state index contributed by atoms with van der Waals surface area (Å²) in [6, 6.07) is 8.45. The maximum Gasteiger partial charge on any atom is 0.0613 e. The summed E-state index contributed by atoms with van der Waals surface area (Å²) in [7, 11) is 0. The number of piperidine rings is 1. The molecule has 0 amide bonds. The first kappa shape index (κ1) is 13.7. The summed E-state index contributed by atoms with van der Waals surface area (Å²) >= 11 is -1.96. The van der Waals surface area contributed by atoms with Gasteiger partial charge in [-0.1, -0.05) is 24.3 Å². The van der Waals surface area contributed by atoms with E-state index in [1.165, 1.54) is 5.56 Å². The van der Waals surface area contributed by atoms with E-state index in [0.29, 0.717) is 12.5 Å². The number of nitrogens with two attached hydrogens (primary N) is 1. The third kappa shape index (κ3) is 3.62. The van der Waals surface area contributed by atoms with Gasteiger partial charge in [-0.05, 0) is 54.1 Å². The molecule has 1 heterocycles. The van der Waals surface area contributed by atoms with Crippen LogP contribution in [-0.2, 0) is 17.6 Å². The number of hydrogen-bond acceptors (Lipinski definition) is 4. The van der Waals surface area contributed by atoms with Gasteiger partial charge in [0, 0.05) is 6.54 Å². The van der Waals surface area contributed by atoms with Gasteiger partial charge in [-0.2, -0.15) is 0 Å². The molecule has 1 fully saturated rings. The minimum Gasteiger partial charge on any atom is -0.771 e. The lowest BCUT2D eigenvalue weighted by atomic mass is 9.89. The van der Waals surface area contributed by atoms with Gasteiger partial charge in [0.15, 0.2) is 0 Å². The largest absolute Gasteiger partial charge is 0.771 e. The Morgan fingerprint density at radius 1 is 1.28 bits per heavy atom. The molecule has 1 aromatic carbocycles.